The molecular weight excluding hydrogens is 340 g/mol. The minimum absolute atomic E-state index is 0.0272. The number of nitrogens with zero attached hydrogens (tertiary/aromatic N) is 1. The van der Waals surface area contributed by atoms with E-state index in [0.717, 1.165) is 21.4 Å². The molecule has 0 aliphatic carbocycles. The van der Waals surface area contributed by atoms with Crippen molar-refractivity contribution in [2.75, 3.05) is 5.32 Å². The van der Waals surface area contributed by atoms with Crippen molar-refractivity contribution >= 4 is 27.5 Å². The SMILES string of the molecule is O=C(Cc1ccc(-n2cccc2)cc1)Nc1ccccc1Br. The molecule has 1 aromatic heterocycles. The number of hydrogen-bond acceptors (Lipinski definition) is 1. The predicted octanol–water partition coefficient (Wildman–Crippen LogP) is 4.42. The average molecular weight is 355 g/mol. The Hall–Kier alpha value is -2.33. The zero-order chi connectivity index (χ0) is 15.4. The smallest absolute Gasteiger partial charge is 0.228 e. The zero-order valence-electron chi connectivity index (χ0n) is 11.9. The molecule has 3 aromatic rings. The summed E-state index contributed by atoms with van der Waals surface area (Å²) in [4.78, 5) is 12.1. The average Bonchev–Trinajstić information content (AvgIpc) is 3.05. The molecule has 1 amide bonds. The highest BCUT2D eigenvalue weighted by Gasteiger charge is 2.06. The van der Waals surface area contributed by atoms with Gasteiger partial charge in [-0.1, -0.05) is 24.3 Å². The number of halogens is 1. The molecule has 0 spiro atoms. The van der Waals surface area contributed by atoms with Crippen LogP contribution in [-0.2, 0) is 11.2 Å². The van der Waals surface area contributed by atoms with Gasteiger partial charge in [-0.15, -0.1) is 0 Å². The molecule has 0 radical (unpaired) electrons. The van der Waals surface area contributed by atoms with E-state index in [0.29, 0.717) is 6.42 Å². The second-order valence-electron chi connectivity index (χ2n) is 4.96. The highest BCUT2D eigenvalue weighted by molar-refractivity contribution is 9.10. The fraction of sp³-hybridized carbons (Fsp3) is 0.0556. The summed E-state index contributed by atoms with van der Waals surface area (Å²) in [6.07, 6.45) is 4.34. The van der Waals surface area contributed by atoms with Gasteiger partial charge in [-0.05, 0) is 57.9 Å². The van der Waals surface area contributed by atoms with Crippen LogP contribution in [0.15, 0.2) is 77.5 Å². The first kappa shape index (κ1) is 14.6. The lowest BCUT2D eigenvalue weighted by molar-refractivity contribution is -0.115. The van der Waals surface area contributed by atoms with E-state index in [1.165, 1.54) is 0 Å². The molecule has 0 fully saturated rings. The summed E-state index contributed by atoms with van der Waals surface area (Å²) in [6, 6.07) is 19.6. The number of carbonyl (C=O) groups is 1. The van der Waals surface area contributed by atoms with E-state index in [1.807, 2.05) is 77.6 Å². The van der Waals surface area contributed by atoms with Crippen LogP contribution in [0, 0.1) is 0 Å². The lowest BCUT2D eigenvalue weighted by atomic mass is 10.1. The van der Waals surface area contributed by atoms with Crippen LogP contribution < -0.4 is 5.32 Å². The number of rotatable bonds is 4. The van der Waals surface area contributed by atoms with Gasteiger partial charge in [-0.2, -0.15) is 0 Å². The maximum Gasteiger partial charge on any atom is 0.228 e. The Morgan fingerprint density at radius 3 is 2.32 bits per heavy atom. The number of carbonyl (C=O) groups excluding carboxylic acids is 1. The van der Waals surface area contributed by atoms with E-state index >= 15 is 0 Å². The van der Waals surface area contributed by atoms with E-state index in [9.17, 15) is 4.79 Å². The van der Waals surface area contributed by atoms with Crippen molar-refractivity contribution in [2.24, 2.45) is 0 Å². The minimum Gasteiger partial charge on any atom is -0.325 e. The van der Waals surface area contributed by atoms with Crippen LogP contribution in [0.25, 0.3) is 5.69 Å². The van der Waals surface area contributed by atoms with Crippen molar-refractivity contribution in [3.05, 3.63) is 83.1 Å². The van der Waals surface area contributed by atoms with E-state index in [-0.39, 0.29) is 5.91 Å². The minimum atomic E-state index is -0.0272. The molecule has 0 saturated carbocycles. The largest absolute Gasteiger partial charge is 0.325 e. The molecule has 0 aliphatic heterocycles. The molecule has 0 atom stereocenters. The van der Waals surface area contributed by atoms with Crippen LogP contribution in [0.3, 0.4) is 0 Å². The molecule has 1 N–H and O–H groups in total. The first-order valence-electron chi connectivity index (χ1n) is 6.99. The molecule has 0 unspecified atom stereocenters. The highest BCUT2D eigenvalue weighted by Crippen LogP contribution is 2.21. The number of hydrogen-bond donors (Lipinski definition) is 1. The van der Waals surface area contributed by atoms with Gasteiger partial charge in [0.1, 0.15) is 0 Å². The van der Waals surface area contributed by atoms with Gasteiger partial charge in [0.25, 0.3) is 0 Å². The van der Waals surface area contributed by atoms with Crippen molar-refractivity contribution in [3.63, 3.8) is 0 Å². The Bertz CT molecular complexity index is 764. The van der Waals surface area contributed by atoms with Gasteiger partial charge < -0.3 is 9.88 Å². The number of amides is 1. The van der Waals surface area contributed by atoms with Crippen LogP contribution in [-0.4, -0.2) is 10.5 Å². The van der Waals surface area contributed by atoms with Crippen molar-refractivity contribution in [3.8, 4) is 5.69 Å². The summed E-state index contributed by atoms with van der Waals surface area (Å²) in [5.74, 6) is -0.0272. The summed E-state index contributed by atoms with van der Waals surface area (Å²) in [7, 11) is 0. The molecular formula is C18H15BrN2O. The van der Waals surface area contributed by atoms with Crippen molar-refractivity contribution in [1.82, 2.24) is 4.57 Å². The number of para-hydroxylation sites is 1. The van der Waals surface area contributed by atoms with Crippen LogP contribution >= 0.6 is 15.9 Å². The maximum absolute atomic E-state index is 12.1. The molecule has 0 aliphatic rings. The first-order chi connectivity index (χ1) is 10.7. The Kier molecular flexibility index (Phi) is 4.39. The molecule has 1 heterocycles. The Morgan fingerprint density at radius 1 is 0.955 bits per heavy atom. The third kappa shape index (κ3) is 3.46. The normalized spacial score (nSPS) is 10.4. The molecule has 110 valence electrons. The van der Waals surface area contributed by atoms with E-state index in [1.54, 1.807) is 0 Å². The van der Waals surface area contributed by atoms with Gasteiger partial charge in [-0.3, -0.25) is 4.79 Å². The summed E-state index contributed by atoms with van der Waals surface area (Å²) in [5, 5.41) is 2.91. The maximum atomic E-state index is 12.1. The van der Waals surface area contributed by atoms with Gasteiger partial charge in [0.2, 0.25) is 5.91 Å². The zero-order valence-corrected chi connectivity index (χ0v) is 13.5. The van der Waals surface area contributed by atoms with Crippen molar-refractivity contribution in [2.45, 2.75) is 6.42 Å². The fourth-order valence-electron chi connectivity index (χ4n) is 2.23. The Morgan fingerprint density at radius 2 is 1.64 bits per heavy atom. The van der Waals surface area contributed by atoms with E-state index < -0.39 is 0 Å². The molecule has 22 heavy (non-hydrogen) atoms. The van der Waals surface area contributed by atoms with Crippen LogP contribution in [0.1, 0.15) is 5.56 Å². The molecule has 0 saturated heterocycles. The monoisotopic (exact) mass is 354 g/mol. The van der Waals surface area contributed by atoms with Crippen molar-refractivity contribution < 1.29 is 4.79 Å². The lowest BCUT2D eigenvalue weighted by Gasteiger charge is -2.08. The summed E-state index contributed by atoms with van der Waals surface area (Å²) in [5.41, 5.74) is 2.86. The third-order valence-electron chi connectivity index (χ3n) is 3.35. The molecule has 0 bridgehead atoms. The van der Waals surface area contributed by atoms with Gasteiger partial charge in [-0.25, -0.2) is 0 Å². The predicted molar refractivity (Wildman–Crippen MR) is 92.2 cm³/mol. The van der Waals surface area contributed by atoms with Gasteiger partial charge in [0.05, 0.1) is 12.1 Å². The molecule has 3 nitrogen and oxygen atoms in total. The number of nitrogens with one attached hydrogen (secondary N) is 1. The van der Waals surface area contributed by atoms with Crippen LogP contribution in [0.2, 0.25) is 0 Å². The van der Waals surface area contributed by atoms with E-state index in [2.05, 4.69) is 21.2 Å². The number of aromatic nitrogens is 1. The van der Waals surface area contributed by atoms with Gasteiger partial charge in [0.15, 0.2) is 0 Å². The second kappa shape index (κ2) is 6.62. The fourth-order valence-corrected chi connectivity index (χ4v) is 2.62. The van der Waals surface area contributed by atoms with Crippen molar-refractivity contribution in [1.29, 1.82) is 0 Å². The molecule has 4 heteroatoms. The molecule has 2 aromatic carbocycles. The second-order valence-corrected chi connectivity index (χ2v) is 5.82. The lowest BCUT2D eigenvalue weighted by Crippen LogP contribution is -2.14. The van der Waals surface area contributed by atoms with Gasteiger partial charge in [0, 0.05) is 22.6 Å². The Labute approximate surface area is 137 Å². The quantitative estimate of drug-likeness (QED) is 0.739. The Balaban J connectivity index is 1.66. The summed E-state index contributed by atoms with van der Waals surface area (Å²) >= 11 is 3.42. The summed E-state index contributed by atoms with van der Waals surface area (Å²) < 4.78 is 2.91. The third-order valence-corrected chi connectivity index (χ3v) is 4.04. The van der Waals surface area contributed by atoms with Crippen LogP contribution in [0.4, 0.5) is 5.69 Å². The summed E-state index contributed by atoms with van der Waals surface area (Å²) in [6.45, 7) is 0. The molecule has 3 rings (SSSR count). The first-order valence-corrected chi connectivity index (χ1v) is 7.78. The topological polar surface area (TPSA) is 34.0 Å². The standard InChI is InChI=1S/C18H15BrN2O/c19-16-5-1-2-6-17(16)20-18(22)13-14-7-9-15(10-8-14)21-11-3-4-12-21/h1-12H,13H2,(H,20,22). The van der Waals surface area contributed by atoms with Crippen LogP contribution in [0.5, 0.6) is 0 Å². The highest BCUT2D eigenvalue weighted by atomic mass is 79.9. The van der Waals surface area contributed by atoms with Gasteiger partial charge >= 0.3 is 0 Å². The number of anilines is 1. The van der Waals surface area contributed by atoms with E-state index in [4.69, 9.17) is 0 Å². The number of benzene rings is 2.